The largest absolute Gasteiger partial charge is 0.459 e. The number of hydrogen-bond acceptors (Lipinski definition) is 3. The lowest BCUT2D eigenvalue weighted by molar-refractivity contribution is 0.519. The first-order valence-corrected chi connectivity index (χ1v) is 7.40. The zero-order chi connectivity index (χ0) is 15.0. The van der Waals surface area contributed by atoms with E-state index in [0.29, 0.717) is 0 Å². The minimum atomic E-state index is 0.0994. The molecule has 0 aliphatic carbocycles. The van der Waals surface area contributed by atoms with E-state index in [-0.39, 0.29) is 6.04 Å². The van der Waals surface area contributed by atoms with E-state index in [1.54, 1.807) is 0 Å². The van der Waals surface area contributed by atoms with E-state index >= 15 is 0 Å². The maximum atomic E-state index is 6.09. The number of nitrogens with one attached hydrogen (secondary N) is 2. The van der Waals surface area contributed by atoms with Crippen LogP contribution in [0.25, 0.3) is 11.0 Å². The van der Waals surface area contributed by atoms with Gasteiger partial charge in [0.15, 0.2) is 0 Å². The summed E-state index contributed by atoms with van der Waals surface area (Å²) in [6.45, 7) is 8.32. The number of anilines is 1. The quantitative estimate of drug-likeness (QED) is 0.740. The Morgan fingerprint density at radius 1 is 1.29 bits per heavy atom. The molecule has 0 saturated heterocycles. The lowest BCUT2D eigenvalue weighted by atomic mass is 10.0. The fourth-order valence-electron chi connectivity index (χ4n) is 2.88. The van der Waals surface area contributed by atoms with Crippen molar-refractivity contribution in [1.29, 1.82) is 0 Å². The molecule has 0 aliphatic rings. The summed E-state index contributed by atoms with van der Waals surface area (Å²) >= 11 is 0. The van der Waals surface area contributed by atoms with Crippen LogP contribution in [0.5, 0.6) is 0 Å². The third-order valence-corrected chi connectivity index (χ3v) is 3.97. The lowest BCUT2D eigenvalue weighted by Gasteiger charge is -2.14. The van der Waals surface area contributed by atoms with Gasteiger partial charge in [-0.15, -0.1) is 0 Å². The molecule has 1 aromatic carbocycles. The highest BCUT2D eigenvalue weighted by molar-refractivity contribution is 5.82. The second-order valence-electron chi connectivity index (χ2n) is 5.47. The van der Waals surface area contributed by atoms with Gasteiger partial charge in [0.05, 0.1) is 23.1 Å². The van der Waals surface area contributed by atoms with Crippen LogP contribution in [-0.2, 0) is 6.42 Å². The Kier molecular flexibility index (Phi) is 3.45. The maximum Gasteiger partial charge on any atom is 0.134 e. The number of rotatable bonds is 4. The second-order valence-corrected chi connectivity index (χ2v) is 5.47. The molecule has 1 unspecified atom stereocenters. The first-order valence-electron chi connectivity index (χ1n) is 7.40. The third kappa shape index (κ3) is 2.31. The van der Waals surface area contributed by atoms with Gasteiger partial charge in [-0.3, -0.25) is 5.10 Å². The molecule has 0 aliphatic heterocycles. The molecular formula is C17H21N3O. The summed E-state index contributed by atoms with van der Waals surface area (Å²) < 4.78 is 6.09. The van der Waals surface area contributed by atoms with Crippen molar-refractivity contribution in [3.05, 3.63) is 47.0 Å². The smallest absolute Gasteiger partial charge is 0.134 e. The van der Waals surface area contributed by atoms with Crippen molar-refractivity contribution in [2.24, 2.45) is 0 Å². The first-order chi connectivity index (χ1) is 10.1. The van der Waals surface area contributed by atoms with Crippen molar-refractivity contribution in [1.82, 2.24) is 10.2 Å². The Labute approximate surface area is 124 Å². The van der Waals surface area contributed by atoms with Gasteiger partial charge in [-0.2, -0.15) is 5.10 Å². The van der Waals surface area contributed by atoms with Crippen LogP contribution < -0.4 is 5.32 Å². The second kappa shape index (κ2) is 5.28. The van der Waals surface area contributed by atoms with Crippen LogP contribution in [0.3, 0.4) is 0 Å². The van der Waals surface area contributed by atoms with Crippen molar-refractivity contribution in [2.75, 3.05) is 5.32 Å². The van der Waals surface area contributed by atoms with Crippen molar-refractivity contribution in [3.63, 3.8) is 0 Å². The van der Waals surface area contributed by atoms with Gasteiger partial charge in [0.2, 0.25) is 0 Å². The van der Waals surface area contributed by atoms with Gasteiger partial charge in [0.25, 0.3) is 0 Å². The number of furan rings is 1. The standard InChI is InChI=1S/C17H21N3O/c1-5-13-14-8-6-7-9-15(14)21-17(13)12(4)18-16-10(2)19-20-11(16)3/h6-9,12,18H,5H2,1-4H3,(H,19,20). The SMILES string of the molecule is CCc1c(C(C)Nc2c(C)n[nH]c2C)oc2ccccc12. The first kappa shape index (κ1) is 13.7. The number of hydrogen-bond donors (Lipinski definition) is 2. The fourth-order valence-corrected chi connectivity index (χ4v) is 2.88. The Morgan fingerprint density at radius 3 is 2.71 bits per heavy atom. The predicted octanol–water partition coefficient (Wildman–Crippen LogP) is 4.51. The van der Waals surface area contributed by atoms with Gasteiger partial charge in [-0.25, -0.2) is 0 Å². The summed E-state index contributed by atoms with van der Waals surface area (Å²) in [6.07, 6.45) is 0.960. The molecular weight excluding hydrogens is 262 g/mol. The number of fused-ring (bicyclic) bond motifs is 1. The number of aromatic nitrogens is 2. The zero-order valence-corrected chi connectivity index (χ0v) is 12.9. The van der Waals surface area contributed by atoms with E-state index in [9.17, 15) is 0 Å². The van der Waals surface area contributed by atoms with E-state index < -0.39 is 0 Å². The molecule has 0 spiro atoms. The summed E-state index contributed by atoms with van der Waals surface area (Å²) in [6, 6.07) is 8.32. The average Bonchev–Trinajstić information content (AvgIpc) is 3.01. The van der Waals surface area contributed by atoms with E-state index in [0.717, 1.165) is 34.8 Å². The Bertz CT molecular complexity index is 750. The number of para-hydroxylation sites is 1. The van der Waals surface area contributed by atoms with Gasteiger partial charge >= 0.3 is 0 Å². The minimum Gasteiger partial charge on any atom is -0.459 e. The highest BCUT2D eigenvalue weighted by atomic mass is 16.3. The van der Waals surface area contributed by atoms with Crippen molar-refractivity contribution < 1.29 is 4.42 Å². The molecule has 110 valence electrons. The number of nitrogens with zero attached hydrogens (tertiary/aromatic N) is 1. The molecule has 4 nitrogen and oxygen atoms in total. The normalized spacial score (nSPS) is 12.8. The fraction of sp³-hybridized carbons (Fsp3) is 0.353. The van der Waals surface area contributed by atoms with Crippen molar-refractivity contribution in [3.8, 4) is 0 Å². The average molecular weight is 283 g/mol. The Morgan fingerprint density at radius 2 is 2.05 bits per heavy atom. The van der Waals surface area contributed by atoms with E-state index in [1.807, 2.05) is 26.0 Å². The van der Waals surface area contributed by atoms with Gasteiger partial charge in [0.1, 0.15) is 11.3 Å². The van der Waals surface area contributed by atoms with Crippen LogP contribution in [0.1, 0.15) is 42.6 Å². The lowest BCUT2D eigenvalue weighted by Crippen LogP contribution is -2.08. The summed E-state index contributed by atoms with van der Waals surface area (Å²) in [5.74, 6) is 1.01. The van der Waals surface area contributed by atoms with Gasteiger partial charge in [-0.05, 0) is 33.3 Å². The highest BCUT2D eigenvalue weighted by Gasteiger charge is 2.19. The maximum absolute atomic E-state index is 6.09. The zero-order valence-electron chi connectivity index (χ0n) is 12.9. The van der Waals surface area contributed by atoms with E-state index in [2.05, 4.69) is 41.5 Å². The van der Waals surface area contributed by atoms with E-state index in [1.165, 1.54) is 10.9 Å². The molecule has 2 N–H and O–H groups in total. The van der Waals surface area contributed by atoms with Crippen molar-refractivity contribution >= 4 is 16.7 Å². The molecule has 0 amide bonds. The molecule has 2 aromatic heterocycles. The number of H-pyrrole nitrogens is 1. The Hall–Kier alpha value is -2.23. The molecule has 1 atom stereocenters. The number of aromatic amines is 1. The monoisotopic (exact) mass is 283 g/mol. The molecule has 0 fully saturated rings. The highest BCUT2D eigenvalue weighted by Crippen LogP contribution is 2.32. The number of aryl methyl sites for hydroxylation is 3. The topological polar surface area (TPSA) is 53.9 Å². The predicted molar refractivity (Wildman–Crippen MR) is 85.7 cm³/mol. The molecule has 4 heteroatoms. The minimum absolute atomic E-state index is 0.0994. The van der Waals surface area contributed by atoms with Crippen LogP contribution in [0, 0.1) is 13.8 Å². The van der Waals surface area contributed by atoms with Gasteiger partial charge in [0, 0.05) is 10.9 Å². The van der Waals surface area contributed by atoms with Crippen LogP contribution in [0.2, 0.25) is 0 Å². The molecule has 21 heavy (non-hydrogen) atoms. The molecule has 2 heterocycles. The van der Waals surface area contributed by atoms with Crippen LogP contribution in [0.15, 0.2) is 28.7 Å². The Balaban J connectivity index is 2.00. The third-order valence-electron chi connectivity index (χ3n) is 3.97. The van der Waals surface area contributed by atoms with E-state index in [4.69, 9.17) is 4.42 Å². The van der Waals surface area contributed by atoms with Crippen LogP contribution in [-0.4, -0.2) is 10.2 Å². The molecule has 3 aromatic rings. The summed E-state index contributed by atoms with van der Waals surface area (Å²) in [7, 11) is 0. The molecule has 3 rings (SSSR count). The van der Waals surface area contributed by atoms with Crippen LogP contribution >= 0.6 is 0 Å². The molecule has 0 bridgehead atoms. The van der Waals surface area contributed by atoms with Gasteiger partial charge in [-0.1, -0.05) is 25.1 Å². The summed E-state index contributed by atoms with van der Waals surface area (Å²) in [5.41, 5.74) is 5.33. The molecule has 0 radical (unpaired) electrons. The summed E-state index contributed by atoms with van der Waals surface area (Å²) in [5, 5.41) is 12.0. The van der Waals surface area contributed by atoms with Crippen molar-refractivity contribution in [2.45, 2.75) is 40.2 Å². The van der Waals surface area contributed by atoms with Gasteiger partial charge < -0.3 is 9.73 Å². The molecule has 0 saturated carbocycles. The van der Waals surface area contributed by atoms with Crippen LogP contribution in [0.4, 0.5) is 5.69 Å². The summed E-state index contributed by atoms with van der Waals surface area (Å²) in [4.78, 5) is 0. The number of benzene rings is 1.